The molecule has 1 aromatic carbocycles. The molecular weight excluding hydrogens is 402 g/mol. The van der Waals surface area contributed by atoms with Gasteiger partial charge in [-0.2, -0.15) is 0 Å². The number of amides is 2. The standard InChI is InChI=1S/C26H37N3O3/c1-4-32-25(31)29-15-10-20(11-16-29)28-17-13-26(14-18-28)12-9-22(24(30)27-19(2)3)21-7-5-6-8-23(21)26/h5-9,19-20H,4,10-18H2,1-3H3,(H,27,30). The number of fused-ring (bicyclic) bond motifs is 2. The number of likely N-dealkylation sites (tertiary alicyclic amines) is 2. The summed E-state index contributed by atoms with van der Waals surface area (Å²) in [6.07, 6.45) is 7.18. The van der Waals surface area contributed by atoms with Gasteiger partial charge in [-0.3, -0.25) is 4.79 Å². The predicted octanol–water partition coefficient (Wildman–Crippen LogP) is 3.95. The molecule has 1 aromatic rings. The summed E-state index contributed by atoms with van der Waals surface area (Å²) in [5.41, 5.74) is 3.40. The number of carbonyl (C=O) groups is 2. The lowest BCUT2D eigenvalue weighted by Crippen LogP contribution is -2.52. The average Bonchev–Trinajstić information content (AvgIpc) is 2.80. The van der Waals surface area contributed by atoms with E-state index < -0.39 is 0 Å². The van der Waals surface area contributed by atoms with E-state index in [1.165, 1.54) is 5.56 Å². The zero-order chi connectivity index (χ0) is 22.7. The second-order valence-corrected chi connectivity index (χ2v) is 9.73. The fourth-order valence-electron chi connectivity index (χ4n) is 5.67. The smallest absolute Gasteiger partial charge is 0.409 e. The molecule has 2 aliphatic heterocycles. The molecule has 0 unspecified atom stereocenters. The Hall–Kier alpha value is -2.34. The summed E-state index contributed by atoms with van der Waals surface area (Å²) in [7, 11) is 0. The van der Waals surface area contributed by atoms with E-state index in [2.05, 4.69) is 34.5 Å². The van der Waals surface area contributed by atoms with E-state index in [0.29, 0.717) is 12.6 Å². The lowest BCUT2D eigenvalue weighted by molar-refractivity contribution is -0.116. The van der Waals surface area contributed by atoms with Gasteiger partial charge in [-0.05, 0) is 77.1 Å². The van der Waals surface area contributed by atoms with Crippen molar-refractivity contribution in [3.8, 4) is 0 Å². The van der Waals surface area contributed by atoms with Crippen LogP contribution in [0, 0.1) is 0 Å². The summed E-state index contributed by atoms with van der Waals surface area (Å²) in [5.74, 6) is 0.0353. The molecular formula is C26H37N3O3. The number of nitrogens with one attached hydrogen (secondary N) is 1. The number of piperidine rings is 2. The van der Waals surface area contributed by atoms with E-state index in [0.717, 1.165) is 69.4 Å². The normalized spacial score (nSPS) is 21.2. The number of carbonyl (C=O) groups excluding carboxylic acids is 2. The number of benzene rings is 1. The lowest BCUT2D eigenvalue weighted by Gasteiger charge is -2.48. The van der Waals surface area contributed by atoms with Gasteiger partial charge in [0, 0.05) is 36.2 Å². The molecule has 2 amide bonds. The molecule has 1 spiro atoms. The third-order valence-corrected chi connectivity index (χ3v) is 7.41. The summed E-state index contributed by atoms with van der Waals surface area (Å²) in [4.78, 5) is 29.3. The van der Waals surface area contributed by atoms with Gasteiger partial charge in [0.05, 0.1) is 6.61 Å². The Bertz CT molecular complexity index is 863. The van der Waals surface area contributed by atoms with E-state index in [1.54, 1.807) is 0 Å². The van der Waals surface area contributed by atoms with Gasteiger partial charge in [0.25, 0.3) is 5.91 Å². The van der Waals surface area contributed by atoms with Crippen LogP contribution in [0.25, 0.3) is 5.57 Å². The summed E-state index contributed by atoms with van der Waals surface area (Å²) >= 11 is 0. The van der Waals surface area contributed by atoms with Gasteiger partial charge in [-0.25, -0.2) is 4.79 Å². The van der Waals surface area contributed by atoms with Gasteiger partial charge in [0.1, 0.15) is 0 Å². The minimum atomic E-state index is -0.175. The Balaban J connectivity index is 1.41. The first-order valence-corrected chi connectivity index (χ1v) is 12.2. The second-order valence-electron chi connectivity index (χ2n) is 9.73. The monoisotopic (exact) mass is 439 g/mol. The van der Waals surface area contributed by atoms with Crippen molar-refractivity contribution >= 4 is 17.6 Å². The molecule has 0 saturated carbocycles. The Morgan fingerprint density at radius 3 is 2.47 bits per heavy atom. The summed E-state index contributed by atoms with van der Waals surface area (Å²) in [5, 5.41) is 3.06. The Morgan fingerprint density at radius 1 is 1.12 bits per heavy atom. The van der Waals surface area contributed by atoms with Gasteiger partial charge >= 0.3 is 6.09 Å². The second kappa shape index (κ2) is 9.65. The van der Waals surface area contributed by atoms with Crippen molar-refractivity contribution in [2.24, 2.45) is 0 Å². The summed E-state index contributed by atoms with van der Waals surface area (Å²) < 4.78 is 5.16. The van der Waals surface area contributed by atoms with Gasteiger partial charge in [-0.15, -0.1) is 0 Å². The molecule has 0 radical (unpaired) electrons. The molecule has 0 aromatic heterocycles. The molecule has 1 N–H and O–H groups in total. The third-order valence-electron chi connectivity index (χ3n) is 7.41. The molecule has 32 heavy (non-hydrogen) atoms. The van der Waals surface area contributed by atoms with Crippen molar-refractivity contribution in [3.05, 3.63) is 41.5 Å². The quantitative estimate of drug-likeness (QED) is 0.772. The number of allylic oxidation sites excluding steroid dienone is 1. The summed E-state index contributed by atoms with van der Waals surface area (Å²) in [6, 6.07) is 9.17. The van der Waals surface area contributed by atoms with Gasteiger partial charge < -0.3 is 19.9 Å². The van der Waals surface area contributed by atoms with E-state index in [1.807, 2.05) is 31.7 Å². The van der Waals surface area contributed by atoms with Crippen LogP contribution in [0.4, 0.5) is 4.79 Å². The van der Waals surface area contributed by atoms with Crippen LogP contribution >= 0.6 is 0 Å². The number of ether oxygens (including phenoxy) is 1. The molecule has 4 rings (SSSR count). The largest absolute Gasteiger partial charge is 0.450 e. The molecule has 174 valence electrons. The zero-order valence-electron chi connectivity index (χ0n) is 19.7. The molecule has 6 heteroatoms. The molecule has 2 heterocycles. The lowest BCUT2D eigenvalue weighted by atomic mass is 9.65. The maximum Gasteiger partial charge on any atom is 0.409 e. The van der Waals surface area contributed by atoms with Crippen LogP contribution < -0.4 is 5.32 Å². The number of nitrogens with zero attached hydrogens (tertiary/aromatic N) is 2. The van der Waals surface area contributed by atoms with Gasteiger partial charge in [0.15, 0.2) is 0 Å². The maximum absolute atomic E-state index is 12.8. The van der Waals surface area contributed by atoms with Crippen LogP contribution in [0.2, 0.25) is 0 Å². The molecule has 2 saturated heterocycles. The first-order chi connectivity index (χ1) is 15.4. The van der Waals surface area contributed by atoms with Crippen molar-refractivity contribution in [1.82, 2.24) is 15.1 Å². The third kappa shape index (κ3) is 4.56. The minimum absolute atomic E-state index is 0.0353. The predicted molar refractivity (Wildman–Crippen MR) is 126 cm³/mol. The van der Waals surface area contributed by atoms with Crippen molar-refractivity contribution in [3.63, 3.8) is 0 Å². The summed E-state index contributed by atoms with van der Waals surface area (Å²) in [6.45, 7) is 10.00. The topological polar surface area (TPSA) is 61.9 Å². The molecule has 1 aliphatic carbocycles. The fourth-order valence-corrected chi connectivity index (χ4v) is 5.67. The maximum atomic E-state index is 12.8. The Kier molecular flexibility index (Phi) is 6.89. The highest BCUT2D eigenvalue weighted by Crippen LogP contribution is 2.46. The van der Waals surface area contributed by atoms with E-state index >= 15 is 0 Å². The van der Waals surface area contributed by atoms with Gasteiger partial charge in [-0.1, -0.05) is 30.3 Å². The molecule has 0 atom stereocenters. The van der Waals surface area contributed by atoms with Crippen molar-refractivity contribution in [1.29, 1.82) is 0 Å². The SMILES string of the molecule is CCOC(=O)N1CCC(N2CCC3(CC=C(C(=O)NC(C)C)c4ccccc43)CC2)CC1. The molecule has 0 bridgehead atoms. The molecule has 6 nitrogen and oxygen atoms in total. The number of rotatable bonds is 4. The van der Waals surface area contributed by atoms with Crippen LogP contribution in [0.5, 0.6) is 0 Å². The van der Waals surface area contributed by atoms with E-state index in [4.69, 9.17) is 4.74 Å². The van der Waals surface area contributed by atoms with E-state index in [-0.39, 0.29) is 23.5 Å². The van der Waals surface area contributed by atoms with Crippen LogP contribution in [-0.4, -0.2) is 66.7 Å². The highest BCUT2D eigenvalue weighted by molar-refractivity contribution is 6.20. The van der Waals surface area contributed by atoms with Crippen molar-refractivity contribution < 1.29 is 14.3 Å². The van der Waals surface area contributed by atoms with Crippen molar-refractivity contribution in [2.45, 2.75) is 70.4 Å². The number of hydrogen-bond donors (Lipinski definition) is 1. The first kappa shape index (κ1) is 22.8. The van der Waals surface area contributed by atoms with Gasteiger partial charge in [0.2, 0.25) is 0 Å². The minimum Gasteiger partial charge on any atom is -0.450 e. The highest BCUT2D eigenvalue weighted by Gasteiger charge is 2.42. The first-order valence-electron chi connectivity index (χ1n) is 12.2. The van der Waals surface area contributed by atoms with Crippen LogP contribution in [0.1, 0.15) is 64.0 Å². The highest BCUT2D eigenvalue weighted by atomic mass is 16.6. The van der Waals surface area contributed by atoms with Crippen molar-refractivity contribution in [2.75, 3.05) is 32.8 Å². The molecule has 2 fully saturated rings. The van der Waals surface area contributed by atoms with Crippen LogP contribution in [-0.2, 0) is 14.9 Å². The van der Waals surface area contributed by atoms with Crippen LogP contribution in [0.15, 0.2) is 30.3 Å². The Labute approximate surface area is 192 Å². The Morgan fingerprint density at radius 2 is 1.81 bits per heavy atom. The molecule has 3 aliphatic rings. The van der Waals surface area contributed by atoms with Crippen LogP contribution in [0.3, 0.4) is 0 Å². The zero-order valence-corrected chi connectivity index (χ0v) is 19.7. The van der Waals surface area contributed by atoms with E-state index in [9.17, 15) is 9.59 Å². The average molecular weight is 440 g/mol. The fraction of sp³-hybridized carbons (Fsp3) is 0.615. The number of hydrogen-bond acceptors (Lipinski definition) is 4.